The molecule has 2 aliphatic rings. The number of thiocarbonyl (C=S) groups is 1. The molecule has 1 aromatic carbocycles. The number of non-ortho nitro benzene ring substituents is 1. The van der Waals surface area contributed by atoms with Crippen LogP contribution in [-0.2, 0) is 11.3 Å². The van der Waals surface area contributed by atoms with E-state index < -0.39 is 4.92 Å². The van der Waals surface area contributed by atoms with Gasteiger partial charge in [0.25, 0.3) is 11.2 Å². The molecule has 0 spiro atoms. The highest BCUT2D eigenvalue weighted by Crippen LogP contribution is 2.36. The van der Waals surface area contributed by atoms with Crippen molar-refractivity contribution in [1.29, 1.82) is 0 Å². The summed E-state index contributed by atoms with van der Waals surface area (Å²) in [4.78, 5) is 36.7. The van der Waals surface area contributed by atoms with E-state index in [4.69, 9.17) is 12.2 Å². The summed E-state index contributed by atoms with van der Waals surface area (Å²) in [5.41, 5.74) is 1.59. The second kappa shape index (κ2) is 8.57. The summed E-state index contributed by atoms with van der Waals surface area (Å²) in [5, 5.41) is 13.4. The molecule has 1 amide bonds. The fourth-order valence-corrected chi connectivity index (χ4v) is 5.11. The SMILES string of the molecule is O=C(CSC(=S)N1CC2CC(C1)c1cccc(=O)n1C2)Nc1ccc([N+](=O)[O-])cc1. The van der Waals surface area contributed by atoms with Crippen molar-refractivity contribution < 1.29 is 9.72 Å². The third-order valence-corrected chi connectivity index (χ3v) is 6.95. The van der Waals surface area contributed by atoms with E-state index in [0.717, 1.165) is 25.2 Å². The molecule has 156 valence electrons. The van der Waals surface area contributed by atoms with Gasteiger partial charge in [-0.15, -0.1) is 0 Å². The molecule has 2 unspecified atom stereocenters. The van der Waals surface area contributed by atoms with Crippen LogP contribution in [0.15, 0.2) is 47.3 Å². The maximum Gasteiger partial charge on any atom is 0.269 e. The second-order valence-corrected chi connectivity index (χ2v) is 9.12. The summed E-state index contributed by atoms with van der Waals surface area (Å²) in [6.45, 7) is 2.23. The van der Waals surface area contributed by atoms with Gasteiger partial charge in [0.2, 0.25) is 5.91 Å². The Balaban J connectivity index is 1.32. The lowest BCUT2D eigenvalue weighted by atomic mass is 9.83. The number of nitro groups is 1. The van der Waals surface area contributed by atoms with Gasteiger partial charge in [0.05, 0.1) is 10.7 Å². The Bertz CT molecular complexity index is 1050. The van der Waals surface area contributed by atoms with Crippen molar-refractivity contribution >= 4 is 45.6 Å². The molecule has 0 saturated carbocycles. The second-order valence-electron chi connectivity index (χ2n) is 7.51. The number of fused-ring (bicyclic) bond motifs is 4. The monoisotopic (exact) mass is 444 g/mol. The molecule has 0 aliphatic carbocycles. The van der Waals surface area contributed by atoms with Crippen LogP contribution < -0.4 is 10.9 Å². The average molecular weight is 445 g/mol. The van der Waals surface area contributed by atoms with E-state index in [0.29, 0.717) is 22.5 Å². The van der Waals surface area contributed by atoms with E-state index >= 15 is 0 Å². The van der Waals surface area contributed by atoms with Crippen LogP contribution in [0.1, 0.15) is 18.0 Å². The highest BCUT2D eigenvalue weighted by Gasteiger charge is 2.35. The number of hydrogen-bond acceptors (Lipinski definition) is 6. The maximum atomic E-state index is 12.2. The van der Waals surface area contributed by atoms with Gasteiger partial charge in [-0.3, -0.25) is 19.7 Å². The predicted molar refractivity (Wildman–Crippen MR) is 120 cm³/mol. The molecule has 2 bridgehead atoms. The molecule has 30 heavy (non-hydrogen) atoms. The number of nitro benzene ring substituents is 1. The molecular formula is C20H20N4O4S2. The van der Waals surface area contributed by atoms with Crippen molar-refractivity contribution in [3.05, 3.63) is 68.6 Å². The highest BCUT2D eigenvalue weighted by atomic mass is 32.2. The van der Waals surface area contributed by atoms with Crippen LogP contribution in [0.5, 0.6) is 0 Å². The van der Waals surface area contributed by atoms with Crippen LogP contribution in [-0.4, -0.2) is 43.5 Å². The molecule has 3 heterocycles. The minimum Gasteiger partial charge on any atom is -0.356 e. The number of amides is 1. The number of rotatable bonds is 4. The zero-order valence-electron chi connectivity index (χ0n) is 16.0. The summed E-state index contributed by atoms with van der Waals surface area (Å²) in [6, 6.07) is 11.1. The van der Waals surface area contributed by atoms with E-state index in [1.165, 1.54) is 36.0 Å². The van der Waals surface area contributed by atoms with Crippen LogP contribution in [0.4, 0.5) is 11.4 Å². The van der Waals surface area contributed by atoms with Crippen molar-refractivity contribution in [2.24, 2.45) is 5.92 Å². The fraction of sp³-hybridized carbons (Fsp3) is 0.350. The molecule has 2 atom stereocenters. The maximum absolute atomic E-state index is 12.2. The molecule has 4 rings (SSSR count). The third kappa shape index (κ3) is 4.39. The molecule has 10 heteroatoms. The van der Waals surface area contributed by atoms with E-state index in [9.17, 15) is 19.7 Å². The molecule has 8 nitrogen and oxygen atoms in total. The van der Waals surface area contributed by atoms with Gasteiger partial charge in [0.15, 0.2) is 0 Å². The lowest BCUT2D eigenvalue weighted by Gasteiger charge is -2.43. The first kappa shape index (κ1) is 20.5. The highest BCUT2D eigenvalue weighted by molar-refractivity contribution is 8.23. The zero-order chi connectivity index (χ0) is 21.3. The number of thioether (sulfide) groups is 1. The van der Waals surface area contributed by atoms with Gasteiger partial charge in [-0.1, -0.05) is 30.0 Å². The Morgan fingerprint density at radius 2 is 1.97 bits per heavy atom. The Hall–Kier alpha value is -2.72. The molecule has 2 aliphatic heterocycles. The van der Waals surface area contributed by atoms with Gasteiger partial charge in [0, 0.05) is 55.1 Å². The number of aromatic nitrogens is 1. The van der Waals surface area contributed by atoms with Gasteiger partial charge in [-0.25, -0.2) is 0 Å². The van der Waals surface area contributed by atoms with Crippen LogP contribution in [0, 0.1) is 16.0 Å². The van der Waals surface area contributed by atoms with Crippen LogP contribution in [0.3, 0.4) is 0 Å². The zero-order valence-corrected chi connectivity index (χ0v) is 17.7. The van der Waals surface area contributed by atoms with Gasteiger partial charge >= 0.3 is 0 Å². The number of nitrogens with one attached hydrogen (secondary N) is 1. The van der Waals surface area contributed by atoms with Crippen LogP contribution in [0.2, 0.25) is 0 Å². The molecule has 1 N–H and O–H groups in total. The van der Waals surface area contributed by atoms with Crippen molar-refractivity contribution in [1.82, 2.24) is 9.47 Å². The number of anilines is 1. The largest absolute Gasteiger partial charge is 0.356 e. The van der Waals surface area contributed by atoms with E-state index in [-0.39, 0.29) is 28.8 Å². The number of likely N-dealkylation sites (tertiary alicyclic amines) is 1. The van der Waals surface area contributed by atoms with E-state index in [1.54, 1.807) is 6.07 Å². The van der Waals surface area contributed by atoms with Crippen LogP contribution in [0.25, 0.3) is 0 Å². The summed E-state index contributed by atoms with van der Waals surface area (Å²) < 4.78 is 2.56. The summed E-state index contributed by atoms with van der Waals surface area (Å²) in [6.07, 6.45) is 1.05. The van der Waals surface area contributed by atoms with Crippen LogP contribution >= 0.6 is 24.0 Å². The molecule has 1 fully saturated rings. The number of benzene rings is 1. The normalized spacial score (nSPS) is 19.7. The number of carbonyl (C=O) groups excluding carboxylic acids is 1. The smallest absolute Gasteiger partial charge is 0.269 e. The number of pyridine rings is 1. The number of hydrogen-bond donors (Lipinski definition) is 1. The molecule has 1 aromatic heterocycles. The quantitative estimate of drug-likeness (QED) is 0.440. The Labute approximate surface area is 182 Å². The molecular weight excluding hydrogens is 424 g/mol. The number of nitrogens with zero attached hydrogens (tertiary/aromatic N) is 3. The first-order valence-electron chi connectivity index (χ1n) is 9.56. The van der Waals surface area contributed by atoms with Crippen molar-refractivity contribution in [3.63, 3.8) is 0 Å². The van der Waals surface area contributed by atoms with Crippen molar-refractivity contribution in [3.8, 4) is 0 Å². The van der Waals surface area contributed by atoms with Crippen molar-refractivity contribution in [2.45, 2.75) is 18.9 Å². The van der Waals surface area contributed by atoms with Gasteiger partial charge in [-0.05, 0) is 30.5 Å². The summed E-state index contributed by atoms with van der Waals surface area (Å²) in [5.74, 6) is 0.575. The summed E-state index contributed by atoms with van der Waals surface area (Å²) in [7, 11) is 0. The predicted octanol–water partition coefficient (Wildman–Crippen LogP) is 2.83. The van der Waals surface area contributed by atoms with Crippen molar-refractivity contribution in [2.75, 3.05) is 24.2 Å². The molecule has 1 saturated heterocycles. The minimum atomic E-state index is -0.483. The third-order valence-electron chi connectivity index (χ3n) is 5.43. The van der Waals surface area contributed by atoms with Gasteiger partial charge in [0.1, 0.15) is 4.32 Å². The molecule has 0 radical (unpaired) electrons. The minimum absolute atomic E-state index is 0.0250. The summed E-state index contributed by atoms with van der Waals surface area (Å²) >= 11 is 6.88. The first-order valence-corrected chi connectivity index (χ1v) is 11.0. The Morgan fingerprint density at radius 1 is 1.20 bits per heavy atom. The Kier molecular flexibility index (Phi) is 5.87. The fourth-order valence-electron chi connectivity index (χ4n) is 4.13. The lowest BCUT2D eigenvalue weighted by Crippen LogP contribution is -2.48. The van der Waals surface area contributed by atoms with E-state index in [2.05, 4.69) is 10.2 Å². The number of piperidine rings is 1. The topological polar surface area (TPSA) is 97.5 Å². The standard InChI is InChI=1S/C20H20N4O4S2/c25-18(21-15-4-6-16(7-5-15)24(27)28)12-30-20(29)22-9-13-8-14(11-22)17-2-1-3-19(26)23(17)10-13/h1-7,13-14H,8-12H2,(H,21,25). The number of carbonyl (C=O) groups is 1. The molecule has 2 aromatic rings. The lowest BCUT2D eigenvalue weighted by molar-refractivity contribution is -0.384. The average Bonchev–Trinajstić information content (AvgIpc) is 2.73. The van der Waals surface area contributed by atoms with E-state index in [1.807, 2.05) is 16.7 Å². The van der Waals surface area contributed by atoms with Gasteiger partial charge < -0.3 is 14.8 Å². The Morgan fingerprint density at radius 3 is 2.70 bits per heavy atom. The first-order chi connectivity index (χ1) is 14.4. The van der Waals surface area contributed by atoms with Gasteiger partial charge in [-0.2, -0.15) is 0 Å².